The predicted octanol–water partition coefficient (Wildman–Crippen LogP) is 4.11. The van der Waals surface area contributed by atoms with Crippen molar-refractivity contribution in [3.63, 3.8) is 0 Å². The first-order valence-corrected chi connectivity index (χ1v) is 24.4. The molecule has 19 heteroatoms. The van der Waals surface area contributed by atoms with Crippen molar-refractivity contribution in [3.8, 4) is 11.3 Å². The summed E-state index contributed by atoms with van der Waals surface area (Å²) in [4.78, 5) is 94.3. The molecule has 2 aromatic carbocycles. The molecule has 0 spiro atoms. The number of piperidine rings is 2. The Morgan fingerprint density at radius 3 is 2.27 bits per heavy atom. The van der Waals surface area contributed by atoms with E-state index in [1.165, 1.54) is 6.07 Å². The number of aromatic nitrogens is 5. The summed E-state index contributed by atoms with van der Waals surface area (Å²) in [6, 6.07) is 12.1. The molecular weight excluding hydrogens is 899 g/mol. The molecule has 5 aromatic rings. The Hall–Kier alpha value is -6.73. The van der Waals surface area contributed by atoms with E-state index in [0.29, 0.717) is 106 Å². The van der Waals surface area contributed by atoms with Gasteiger partial charge in [-0.05, 0) is 87.6 Å². The monoisotopic (exact) mass is 956 g/mol. The predicted molar refractivity (Wildman–Crippen MR) is 255 cm³/mol. The Balaban J connectivity index is 0.644. The molecular formula is C51H58F2N12O5. The van der Waals surface area contributed by atoms with Crippen molar-refractivity contribution in [2.45, 2.75) is 78.0 Å². The average molecular weight is 957 g/mol. The van der Waals surface area contributed by atoms with Gasteiger partial charge < -0.3 is 24.2 Å². The van der Waals surface area contributed by atoms with E-state index in [9.17, 15) is 24.0 Å². The van der Waals surface area contributed by atoms with Crippen LogP contribution in [0.25, 0.3) is 22.3 Å². The first-order valence-electron chi connectivity index (χ1n) is 24.4. The van der Waals surface area contributed by atoms with Gasteiger partial charge in [0.1, 0.15) is 28.9 Å². The van der Waals surface area contributed by atoms with Gasteiger partial charge in [-0.25, -0.2) is 23.7 Å². The molecule has 0 aliphatic carbocycles. The number of halogens is 2. The molecule has 0 radical (unpaired) electrons. The van der Waals surface area contributed by atoms with Gasteiger partial charge in [0.25, 0.3) is 5.91 Å². The third-order valence-corrected chi connectivity index (χ3v) is 14.6. The fourth-order valence-electron chi connectivity index (χ4n) is 10.8. The van der Waals surface area contributed by atoms with Gasteiger partial charge in [0, 0.05) is 126 Å². The average Bonchev–Trinajstić information content (AvgIpc) is 3.88. The van der Waals surface area contributed by atoms with Gasteiger partial charge in [0.05, 0.1) is 24.7 Å². The number of amides is 5. The van der Waals surface area contributed by atoms with Crippen LogP contribution in [0.2, 0.25) is 0 Å². The van der Waals surface area contributed by atoms with Crippen LogP contribution in [0.15, 0.2) is 54.9 Å². The zero-order chi connectivity index (χ0) is 48.8. The van der Waals surface area contributed by atoms with E-state index < -0.39 is 23.6 Å². The van der Waals surface area contributed by atoms with Crippen LogP contribution in [-0.2, 0) is 38.7 Å². The lowest BCUT2D eigenvalue weighted by molar-refractivity contribution is -0.141. The minimum atomic E-state index is -0.653. The molecule has 366 valence electrons. The molecule has 8 heterocycles. The van der Waals surface area contributed by atoms with Crippen LogP contribution in [0.1, 0.15) is 84.4 Å². The highest BCUT2D eigenvalue weighted by Crippen LogP contribution is 2.33. The number of nitrogens with zero attached hydrogens (tertiary/aromatic N) is 11. The number of carbonyl (C=O) groups is 5. The topological polar surface area (TPSA) is 173 Å². The number of imidazole rings is 1. The molecule has 1 N–H and O–H groups in total. The van der Waals surface area contributed by atoms with Crippen molar-refractivity contribution >= 4 is 46.3 Å². The lowest BCUT2D eigenvalue weighted by atomic mass is 9.94. The van der Waals surface area contributed by atoms with Gasteiger partial charge >= 0.3 is 0 Å². The van der Waals surface area contributed by atoms with E-state index in [4.69, 9.17) is 0 Å². The zero-order valence-electron chi connectivity index (χ0n) is 39.9. The molecule has 0 bridgehead atoms. The standard InChI is InChI=1S/C51H58F2N12O5/c1-31(2)65-32(3)56-48-40(52)23-35(24-43(48)65)47-41(53)27-55-44(57-47)25-37-5-4-33(26-54-37)28-59-14-16-60(17-15-59)30-46(67)62-12-10-34(11-13-62)50(69)63-20-18-61(19-21-63)38-6-7-39-36(22-38)29-64(51(39)70)42-8-9-45(66)58-49(42)68/h4-7,22-24,26-27,31,34,42H,8-21,25,28-30H2,1-3H3,(H,58,66,68)/t42-/m0/s1. The fourth-order valence-corrected chi connectivity index (χ4v) is 10.8. The number of pyridine rings is 1. The van der Waals surface area contributed by atoms with Crippen molar-refractivity contribution in [1.82, 2.24) is 54.3 Å². The molecule has 10 rings (SSSR count). The Morgan fingerprint density at radius 2 is 1.56 bits per heavy atom. The SMILES string of the molecule is Cc1nc2c(F)cc(-c3nc(Cc4ccc(CN5CCN(CC(=O)N6CCC(C(=O)N7CCN(c8ccc9c(c8)CN([C@H]8CCC(=O)NC8=O)C9=O)CC7)CC6)CC5)cn4)ncc3F)cc2n1C(C)C. The second kappa shape index (κ2) is 19.6. The number of hydrogen-bond acceptors (Lipinski definition) is 12. The van der Waals surface area contributed by atoms with Crippen LogP contribution in [0.5, 0.6) is 0 Å². The summed E-state index contributed by atoms with van der Waals surface area (Å²) >= 11 is 0. The van der Waals surface area contributed by atoms with Gasteiger partial charge in [0.2, 0.25) is 23.6 Å². The second-order valence-electron chi connectivity index (χ2n) is 19.5. The molecule has 5 aliphatic rings. The smallest absolute Gasteiger partial charge is 0.255 e. The van der Waals surface area contributed by atoms with Gasteiger partial charge in [0.15, 0.2) is 11.6 Å². The van der Waals surface area contributed by atoms with Crippen molar-refractivity contribution in [2.24, 2.45) is 5.92 Å². The van der Waals surface area contributed by atoms with E-state index >= 15 is 8.78 Å². The summed E-state index contributed by atoms with van der Waals surface area (Å²) in [7, 11) is 0. The summed E-state index contributed by atoms with van der Waals surface area (Å²) in [5.74, 6) is -0.909. The summed E-state index contributed by atoms with van der Waals surface area (Å²) in [5.41, 5.74) is 5.36. The van der Waals surface area contributed by atoms with Gasteiger partial charge in [-0.2, -0.15) is 0 Å². The number of likely N-dealkylation sites (tertiary alicyclic amines) is 1. The summed E-state index contributed by atoms with van der Waals surface area (Å²) < 4.78 is 32.2. The van der Waals surface area contributed by atoms with Gasteiger partial charge in [-0.15, -0.1) is 0 Å². The number of carbonyl (C=O) groups excluding carboxylic acids is 5. The van der Waals surface area contributed by atoms with Gasteiger partial charge in [-0.3, -0.25) is 44.1 Å². The highest BCUT2D eigenvalue weighted by atomic mass is 19.1. The Labute approximate surface area is 404 Å². The number of nitrogens with one attached hydrogen (secondary N) is 1. The van der Waals surface area contributed by atoms with Gasteiger partial charge in [-0.1, -0.05) is 6.07 Å². The molecule has 3 aromatic heterocycles. The summed E-state index contributed by atoms with van der Waals surface area (Å²) in [6.45, 7) is 14.0. The first kappa shape index (κ1) is 47.0. The maximum Gasteiger partial charge on any atom is 0.255 e. The molecule has 17 nitrogen and oxygen atoms in total. The molecule has 4 saturated heterocycles. The van der Waals surface area contributed by atoms with E-state index in [-0.39, 0.29) is 59.6 Å². The molecule has 5 aliphatic heterocycles. The maximum absolute atomic E-state index is 15.2. The van der Waals surface area contributed by atoms with E-state index in [1.807, 2.05) is 71.7 Å². The molecule has 0 saturated carbocycles. The van der Waals surface area contributed by atoms with Crippen molar-refractivity contribution in [3.05, 3.63) is 101 Å². The Kier molecular flexibility index (Phi) is 13.1. The highest BCUT2D eigenvalue weighted by molar-refractivity contribution is 6.05. The Bertz CT molecular complexity index is 2850. The number of fused-ring (bicyclic) bond motifs is 2. The van der Waals surface area contributed by atoms with E-state index in [2.05, 4.69) is 40.0 Å². The van der Waals surface area contributed by atoms with E-state index in [0.717, 1.165) is 54.9 Å². The lowest BCUT2D eigenvalue weighted by Gasteiger charge is -2.40. The van der Waals surface area contributed by atoms with Crippen LogP contribution in [0, 0.1) is 24.5 Å². The van der Waals surface area contributed by atoms with Crippen molar-refractivity contribution in [2.75, 3.05) is 76.9 Å². The van der Waals surface area contributed by atoms with E-state index in [1.54, 1.807) is 11.0 Å². The van der Waals surface area contributed by atoms with Crippen molar-refractivity contribution < 1.29 is 32.8 Å². The van der Waals surface area contributed by atoms with Crippen LogP contribution in [0.3, 0.4) is 0 Å². The zero-order valence-corrected chi connectivity index (χ0v) is 39.9. The highest BCUT2D eigenvalue weighted by Gasteiger charge is 2.40. The van der Waals surface area contributed by atoms with Crippen LogP contribution in [-0.4, -0.2) is 157 Å². The van der Waals surface area contributed by atoms with Crippen LogP contribution in [0.4, 0.5) is 14.5 Å². The molecule has 5 amide bonds. The van der Waals surface area contributed by atoms with Crippen molar-refractivity contribution in [1.29, 1.82) is 0 Å². The number of rotatable bonds is 11. The molecule has 1 atom stereocenters. The Morgan fingerprint density at radius 1 is 0.800 bits per heavy atom. The minimum absolute atomic E-state index is 0.0249. The molecule has 4 fully saturated rings. The maximum atomic E-state index is 15.2. The van der Waals surface area contributed by atoms with Crippen LogP contribution >= 0.6 is 0 Å². The lowest BCUT2D eigenvalue weighted by Crippen LogP contribution is -2.53. The third kappa shape index (κ3) is 9.60. The minimum Gasteiger partial charge on any atom is -0.368 e. The van der Waals surface area contributed by atoms with Crippen LogP contribution < -0.4 is 10.2 Å². The quantitative estimate of drug-likeness (QED) is 0.188. The second-order valence-corrected chi connectivity index (χ2v) is 19.5. The number of piperazine rings is 2. The molecule has 70 heavy (non-hydrogen) atoms. The third-order valence-electron chi connectivity index (χ3n) is 14.6. The fraction of sp³-hybridized carbons (Fsp3) is 0.471. The molecule has 0 unspecified atom stereocenters. The largest absolute Gasteiger partial charge is 0.368 e. The summed E-state index contributed by atoms with van der Waals surface area (Å²) in [5, 5.41) is 2.35. The number of benzene rings is 2. The number of hydrogen-bond donors (Lipinski definition) is 1. The number of aryl methyl sites for hydroxylation is 1. The number of anilines is 1. The summed E-state index contributed by atoms with van der Waals surface area (Å²) in [6.07, 6.45) is 5.07. The first-order chi connectivity index (χ1) is 33.8. The normalized spacial score (nSPS) is 19.7. The number of imide groups is 1.